The molecule has 2 rings (SSSR count). The smallest absolute Gasteiger partial charge is 0.0668 e. The van der Waals surface area contributed by atoms with E-state index in [4.69, 9.17) is 4.74 Å². The van der Waals surface area contributed by atoms with Crippen LogP contribution in [0.3, 0.4) is 0 Å². The Labute approximate surface area is 116 Å². The van der Waals surface area contributed by atoms with Gasteiger partial charge in [0.2, 0.25) is 0 Å². The van der Waals surface area contributed by atoms with Crippen LogP contribution in [0.2, 0.25) is 0 Å². The molecule has 1 N–H and O–H groups in total. The van der Waals surface area contributed by atoms with E-state index in [0.29, 0.717) is 6.04 Å². The highest BCUT2D eigenvalue weighted by atomic mass is 16.5. The molecular weight excluding hydrogens is 236 g/mol. The normalized spacial score (nSPS) is 19.7. The van der Waals surface area contributed by atoms with Gasteiger partial charge in [-0.1, -0.05) is 19.1 Å². The average Bonchev–Trinajstić information content (AvgIpc) is 2.40. The fourth-order valence-electron chi connectivity index (χ4n) is 2.64. The van der Waals surface area contributed by atoms with Crippen molar-refractivity contribution in [2.75, 3.05) is 31.2 Å². The highest BCUT2D eigenvalue weighted by Crippen LogP contribution is 2.24. The van der Waals surface area contributed by atoms with E-state index < -0.39 is 0 Å². The maximum atomic E-state index is 5.51. The molecule has 1 saturated heterocycles. The lowest BCUT2D eigenvalue weighted by molar-refractivity contribution is 0.0989. The lowest BCUT2D eigenvalue weighted by atomic mass is 10.1. The summed E-state index contributed by atoms with van der Waals surface area (Å²) < 4.78 is 5.51. The zero-order valence-electron chi connectivity index (χ0n) is 12.4. The van der Waals surface area contributed by atoms with Gasteiger partial charge in [0.25, 0.3) is 0 Å². The van der Waals surface area contributed by atoms with Gasteiger partial charge < -0.3 is 15.0 Å². The number of hydrogen-bond acceptors (Lipinski definition) is 3. The van der Waals surface area contributed by atoms with Crippen molar-refractivity contribution in [1.29, 1.82) is 0 Å². The van der Waals surface area contributed by atoms with Crippen LogP contribution in [0.15, 0.2) is 18.2 Å². The molecule has 0 bridgehead atoms. The molecule has 1 heterocycles. The summed E-state index contributed by atoms with van der Waals surface area (Å²) in [5.41, 5.74) is 4.09. The highest BCUT2D eigenvalue weighted by molar-refractivity contribution is 5.55. The maximum absolute atomic E-state index is 5.51. The average molecular weight is 262 g/mol. The predicted octanol–water partition coefficient (Wildman–Crippen LogP) is 2.72. The largest absolute Gasteiger partial charge is 0.377 e. The Bertz CT molecular complexity index is 406. The van der Waals surface area contributed by atoms with Crippen LogP contribution in [0.4, 0.5) is 5.69 Å². The fourth-order valence-corrected chi connectivity index (χ4v) is 2.64. The molecule has 0 radical (unpaired) electrons. The highest BCUT2D eigenvalue weighted by Gasteiger charge is 2.20. The summed E-state index contributed by atoms with van der Waals surface area (Å²) in [6, 6.07) is 7.28. The molecule has 0 aliphatic carbocycles. The number of nitrogens with zero attached hydrogens (tertiary/aromatic N) is 1. The van der Waals surface area contributed by atoms with Crippen molar-refractivity contribution in [2.24, 2.45) is 0 Å². The molecule has 0 aromatic heterocycles. The summed E-state index contributed by atoms with van der Waals surface area (Å²) >= 11 is 0. The predicted molar refractivity (Wildman–Crippen MR) is 80.8 cm³/mol. The number of rotatable bonds is 5. The van der Waals surface area contributed by atoms with Crippen molar-refractivity contribution in [2.45, 2.75) is 39.8 Å². The second kappa shape index (κ2) is 6.92. The van der Waals surface area contributed by atoms with Crippen LogP contribution in [0, 0.1) is 6.92 Å². The third-order valence-electron chi connectivity index (χ3n) is 3.69. The Kier molecular flexibility index (Phi) is 5.23. The Morgan fingerprint density at radius 2 is 2.26 bits per heavy atom. The number of ether oxygens (including phenoxy) is 1. The summed E-state index contributed by atoms with van der Waals surface area (Å²) in [6.07, 6.45) is 1.18. The molecule has 1 aromatic rings. The Hall–Kier alpha value is -1.06. The van der Waals surface area contributed by atoms with E-state index in [0.717, 1.165) is 32.8 Å². The van der Waals surface area contributed by atoms with Gasteiger partial charge in [0, 0.05) is 24.8 Å². The van der Waals surface area contributed by atoms with E-state index in [1.54, 1.807) is 0 Å². The fraction of sp³-hybridized carbons (Fsp3) is 0.625. The second-order valence-electron chi connectivity index (χ2n) is 5.41. The van der Waals surface area contributed by atoms with Gasteiger partial charge in [-0.25, -0.2) is 0 Å². The minimum Gasteiger partial charge on any atom is -0.377 e. The molecule has 1 unspecified atom stereocenters. The van der Waals surface area contributed by atoms with E-state index in [1.807, 2.05) is 0 Å². The molecule has 19 heavy (non-hydrogen) atoms. The molecular formula is C16H26N2O. The summed E-state index contributed by atoms with van der Waals surface area (Å²) in [5, 5.41) is 3.45. The zero-order chi connectivity index (χ0) is 13.7. The summed E-state index contributed by atoms with van der Waals surface area (Å²) in [7, 11) is 0. The Morgan fingerprint density at radius 1 is 1.42 bits per heavy atom. The first kappa shape index (κ1) is 14.4. The van der Waals surface area contributed by atoms with Crippen molar-refractivity contribution >= 4 is 5.69 Å². The first-order valence-electron chi connectivity index (χ1n) is 7.37. The first-order valence-corrected chi connectivity index (χ1v) is 7.37. The van der Waals surface area contributed by atoms with Crippen LogP contribution < -0.4 is 10.2 Å². The van der Waals surface area contributed by atoms with Gasteiger partial charge in [0.1, 0.15) is 0 Å². The van der Waals surface area contributed by atoms with E-state index in [1.165, 1.54) is 23.2 Å². The van der Waals surface area contributed by atoms with Crippen molar-refractivity contribution in [3.63, 3.8) is 0 Å². The topological polar surface area (TPSA) is 24.5 Å². The lowest BCUT2D eigenvalue weighted by Crippen LogP contribution is -2.44. The Morgan fingerprint density at radius 3 is 2.95 bits per heavy atom. The molecule has 1 fully saturated rings. The number of hydrogen-bond donors (Lipinski definition) is 1. The van der Waals surface area contributed by atoms with Gasteiger partial charge in [0.05, 0.1) is 13.2 Å². The van der Waals surface area contributed by atoms with Crippen LogP contribution in [0.5, 0.6) is 0 Å². The van der Waals surface area contributed by atoms with Crippen LogP contribution in [-0.4, -0.2) is 32.3 Å². The molecule has 0 spiro atoms. The molecule has 3 heteroatoms. The van der Waals surface area contributed by atoms with Gasteiger partial charge in [-0.05, 0) is 44.0 Å². The van der Waals surface area contributed by atoms with E-state index >= 15 is 0 Å². The van der Waals surface area contributed by atoms with Crippen LogP contribution in [0.25, 0.3) is 0 Å². The standard InChI is InChI=1S/C16H26N2O/c1-4-7-17-11-15-5-6-16(13(2)10-15)18-8-9-19-12-14(18)3/h5-6,10,14,17H,4,7-9,11-12H2,1-3H3. The van der Waals surface area contributed by atoms with E-state index in [9.17, 15) is 0 Å². The monoisotopic (exact) mass is 262 g/mol. The second-order valence-corrected chi connectivity index (χ2v) is 5.41. The molecule has 3 nitrogen and oxygen atoms in total. The molecule has 1 aliphatic heterocycles. The number of morpholine rings is 1. The molecule has 106 valence electrons. The zero-order valence-corrected chi connectivity index (χ0v) is 12.4. The van der Waals surface area contributed by atoms with Gasteiger partial charge >= 0.3 is 0 Å². The number of aryl methyl sites for hydroxylation is 1. The van der Waals surface area contributed by atoms with Gasteiger partial charge in [-0.3, -0.25) is 0 Å². The van der Waals surface area contributed by atoms with Crippen LogP contribution in [-0.2, 0) is 11.3 Å². The third kappa shape index (κ3) is 3.71. The van der Waals surface area contributed by atoms with Crippen LogP contribution >= 0.6 is 0 Å². The lowest BCUT2D eigenvalue weighted by Gasteiger charge is -2.36. The molecule has 0 saturated carbocycles. The minimum atomic E-state index is 0.469. The molecule has 1 aliphatic rings. The molecule has 1 aromatic carbocycles. The number of anilines is 1. The van der Waals surface area contributed by atoms with E-state index in [2.05, 4.69) is 49.2 Å². The number of benzene rings is 1. The van der Waals surface area contributed by atoms with Gasteiger partial charge in [-0.2, -0.15) is 0 Å². The summed E-state index contributed by atoms with van der Waals surface area (Å²) in [6.45, 7) is 11.4. The van der Waals surface area contributed by atoms with Crippen molar-refractivity contribution < 1.29 is 4.74 Å². The minimum absolute atomic E-state index is 0.469. The van der Waals surface area contributed by atoms with Gasteiger partial charge in [-0.15, -0.1) is 0 Å². The quantitative estimate of drug-likeness (QED) is 0.826. The maximum Gasteiger partial charge on any atom is 0.0668 e. The molecule has 0 amide bonds. The third-order valence-corrected chi connectivity index (χ3v) is 3.69. The summed E-state index contributed by atoms with van der Waals surface area (Å²) in [5.74, 6) is 0. The van der Waals surface area contributed by atoms with Gasteiger partial charge in [0.15, 0.2) is 0 Å². The summed E-state index contributed by atoms with van der Waals surface area (Å²) in [4.78, 5) is 2.46. The van der Waals surface area contributed by atoms with E-state index in [-0.39, 0.29) is 0 Å². The Balaban J connectivity index is 2.05. The van der Waals surface area contributed by atoms with Crippen molar-refractivity contribution in [3.05, 3.63) is 29.3 Å². The van der Waals surface area contributed by atoms with Crippen molar-refractivity contribution in [1.82, 2.24) is 5.32 Å². The SMILES string of the molecule is CCCNCc1ccc(N2CCOCC2C)c(C)c1. The van der Waals surface area contributed by atoms with Crippen molar-refractivity contribution in [3.8, 4) is 0 Å². The van der Waals surface area contributed by atoms with Crippen LogP contribution in [0.1, 0.15) is 31.4 Å². The number of nitrogens with one attached hydrogen (secondary N) is 1. The molecule has 1 atom stereocenters. The first-order chi connectivity index (χ1) is 9.22.